The molecule has 1 unspecified atom stereocenters. The van der Waals surface area contributed by atoms with E-state index < -0.39 is 7.37 Å². The zero-order chi connectivity index (χ0) is 8.36. The van der Waals surface area contributed by atoms with E-state index in [-0.39, 0.29) is 6.10 Å². The maximum atomic E-state index is 11.4. The molecule has 0 aliphatic heterocycles. The first-order valence-electron chi connectivity index (χ1n) is 3.28. The van der Waals surface area contributed by atoms with Crippen LogP contribution in [0.25, 0.3) is 0 Å². The molecule has 0 aliphatic carbocycles. The van der Waals surface area contributed by atoms with Crippen LogP contribution in [0, 0.1) is 0 Å². The highest BCUT2D eigenvalue weighted by molar-refractivity contribution is 7.62. The van der Waals surface area contributed by atoms with Crippen LogP contribution in [0.5, 0.6) is 0 Å². The van der Waals surface area contributed by atoms with Gasteiger partial charge in [0.25, 0.3) is 0 Å². The minimum atomic E-state index is -2.52. The molecule has 0 N–H and O–H groups in total. The lowest BCUT2D eigenvalue weighted by molar-refractivity contribution is 0.249. The van der Waals surface area contributed by atoms with Crippen LogP contribution in [0.2, 0.25) is 0 Å². The van der Waals surface area contributed by atoms with Gasteiger partial charge in [-0.3, -0.25) is 4.57 Å². The Morgan fingerprint density at radius 1 is 1.60 bits per heavy atom. The largest absolute Gasteiger partial charge is 0.323 e. The fourth-order valence-electron chi connectivity index (χ4n) is 0.492. The van der Waals surface area contributed by atoms with Crippen molar-refractivity contribution < 1.29 is 9.09 Å². The number of hydrogen-bond donors (Lipinski definition) is 0. The van der Waals surface area contributed by atoms with E-state index >= 15 is 0 Å². The third kappa shape index (κ3) is 3.19. The maximum absolute atomic E-state index is 11.4. The quantitative estimate of drug-likeness (QED) is 0.596. The summed E-state index contributed by atoms with van der Waals surface area (Å²) in [6, 6.07) is 0. The second-order valence-corrected chi connectivity index (χ2v) is 5.40. The Morgan fingerprint density at radius 2 is 2.00 bits per heavy atom. The van der Waals surface area contributed by atoms with Crippen molar-refractivity contribution in [2.75, 3.05) is 6.66 Å². The molecule has 0 fully saturated rings. The molecule has 0 aromatic heterocycles. The van der Waals surface area contributed by atoms with Gasteiger partial charge in [-0.15, -0.1) is 0 Å². The summed E-state index contributed by atoms with van der Waals surface area (Å²) in [5, 5.41) is 0.626. The minimum Gasteiger partial charge on any atom is -0.323 e. The lowest BCUT2D eigenvalue weighted by Crippen LogP contribution is -1.99. The summed E-state index contributed by atoms with van der Waals surface area (Å²) in [4.78, 5) is 0. The fourth-order valence-corrected chi connectivity index (χ4v) is 1.48. The first-order valence-corrected chi connectivity index (χ1v) is 5.35. The molecule has 2 nitrogen and oxygen atoms in total. The van der Waals surface area contributed by atoms with Gasteiger partial charge in [-0.1, -0.05) is 6.58 Å². The van der Waals surface area contributed by atoms with Crippen LogP contribution in [0.3, 0.4) is 0 Å². The first kappa shape index (κ1) is 9.93. The summed E-state index contributed by atoms with van der Waals surface area (Å²) in [5.41, 5.74) is 0. The normalized spacial score (nSPS) is 16.9. The molecule has 0 amide bonds. The summed E-state index contributed by atoms with van der Waals surface area (Å²) in [7, 11) is -2.52. The Labute approximate surface area is 62.7 Å². The molecule has 0 heterocycles. The van der Waals surface area contributed by atoms with Crippen molar-refractivity contribution in [1.29, 1.82) is 0 Å². The summed E-state index contributed by atoms with van der Waals surface area (Å²) in [5.74, 6) is 0. The van der Waals surface area contributed by atoms with E-state index in [0.29, 0.717) is 5.31 Å². The highest BCUT2D eigenvalue weighted by atomic mass is 31.2. The van der Waals surface area contributed by atoms with Crippen LogP contribution >= 0.6 is 7.37 Å². The first-order chi connectivity index (χ1) is 4.36. The molecule has 0 aliphatic rings. The molecule has 0 aromatic carbocycles. The third-order valence-electron chi connectivity index (χ3n) is 1.11. The summed E-state index contributed by atoms with van der Waals surface area (Å²) < 4.78 is 16.6. The van der Waals surface area contributed by atoms with Gasteiger partial charge in [-0.2, -0.15) is 0 Å². The molecule has 0 radical (unpaired) electrons. The van der Waals surface area contributed by atoms with Crippen LogP contribution in [-0.2, 0) is 9.09 Å². The molecule has 0 saturated heterocycles. The number of allylic oxidation sites excluding steroid dienone is 1. The monoisotopic (exact) mass is 162 g/mol. The predicted octanol–water partition coefficient (Wildman–Crippen LogP) is 2.85. The van der Waals surface area contributed by atoms with Crippen LogP contribution in [0.15, 0.2) is 11.9 Å². The Kier molecular flexibility index (Phi) is 3.34. The van der Waals surface area contributed by atoms with Crippen molar-refractivity contribution in [3.05, 3.63) is 11.9 Å². The topological polar surface area (TPSA) is 26.3 Å². The molecule has 60 valence electrons. The molecule has 3 heteroatoms. The highest BCUT2D eigenvalue weighted by Crippen LogP contribution is 2.50. The Morgan fingerprint density at radius 3 is 2.10 bits per heavy atom. The maximum Gasteiger partial charge on any atom is 0.224 e. The Hall–Kier alpha value is -0.0700. The highest BCUT2D eigenvalue weighted by Gasteiger charge is 2.17. The summed E-state index contributed by atoms with van der Waals surface area (Å²) in [6.45, 7) is 10.6. The SMILES string of the molecule is C=C(C)P(C)(=O)OC(C)C. The van der Waals surface area contributed by atoms with Crippen molar-refractivity contribution in [2.45, 2.75) is 26.9 Å². The summed E-state index contributed by atoms with van der Waals surface area (Å²) >= 11 is 0. The van der Waals surface area contributed by atoms with E-state index in [9.17, 15) is 4.57 Å². The van der Waals surface area contributed by atoms with Gasteiger partial charge in [0, 0.05) is 12.0 Å². The molecule has 0 aromatic rings. The van der Waals surface area contributed by atoms with E-state index in [1.165, 1.54) is 0 Å². The molecule has 0 spiro atoms. The van der Waals surface area contributed by atoms with Crippen molar-refractivity contribution >= 4 is 7.37 Å². The van der Waals surface area contributed by atoms with Crippen molar-refractivity contribution in [2.24, 2.45) is 0 Å². The molecule has 0 bridgehead atoms. The van der Waals surface area contributed by atoms with Crippen LogP contribution in [0.4, 0.5) is 0 Å². The number of rotatable bonds is 3. The second kappa shape index (κ2) is 3.36. The van der Waals surface area contributed by atoms with Crippen LogP contribution in [-0.4, -0.2) is 12.8 Å². The molecule has 0 rings (SSSR count). The van der Waals surface area contributed by atoms with Gasteiger partial charge in [-0.25, -0.2) is 0 Å². The number of hydrogen-bond acceptors (Lipinski definition) is 2. The molecule has 1 atom stereocenters. The van der Waals surface area contributed by atoms with Gasteiger partial charge in [0.2, 0.25) is 7.37 Å². The molecular weight excluding hydrogens is 147 g/mol. The van der Waals surface area contributed by atoms with Gasteiger partial charge in [-0.05, 0) is 20.8 Å². The van der Waals surface area contributed by atoms with Crippen molar-refractivity contribution in [3.63, 3.8) is 0 Å². The van der Waals surface area contributed by atoms with Crippen molar-refractivity contribution in [1.82, 2.24) is 0 Å². The second-order valence-electron chi connectivity index (χ2n) is 2.74. The van der Waals surface area contributed by atoms with Gasteiger partial charge in [0.15, 0.2) is 0 Å². The van der Waals surface area contributed by atoms with E-state index in [0.717, 1.165) is 0 Å². The van der Waals surface area contributed by atoms with E-state index in [2.05, 4.69) is 6.58 Å². The van der Waals surface area contributed by atoms with Crippen molar-refractivity contribution in [3.8, 4) is 0 Å². The zero-order valence-electron chi connectivity index (χ0n) is 7.05. The summed E-state index contributed by atoms with van der Waals surface area (Å²) in [6.07, 6.45) is 0.00698. The van der Waals surface area contributed by atoms with E-state index in [1.807, 2.05) is 13.8 Å². The zero-order valence-corrected chi connectivity index (χ0v) is 7.94. The minimum absolute atomic E-state index is 0.00698. The average molecular weight is 162 g/mol. The average Bonchev–Trinajstić information content (AvgIpc) is 1.60. The standard InChI is InChI=1S/C7H15O2P/c1-6(2)9-10(5,8)7(3)4/h6H,3H2,1-2,4-5H3. The van der Waals surface area contributed by atoms with Gasteiger partial charge >= 0.3 is 0 Å². The lowest BCUT2D eigenvalue weighted by Gasteiger charge is -2.15. The molecule has 0 saturated carbocycles. The van der Waals surface area contributed by atoms with Crippen LogP contribution < -0.4 is 0 Å². The smallest absolute Gasteiger partial charge is 0.224 e. The van der Waals surface area contributed by atoms with Gasteiger partial charge in [0.05, 0.1) is 6.10 Å². The predicted molar refractivity (Wildman–Crippen MR) is 44.6 cm³/mol. The van der Waals surface area contributed by atoms with Gasteiger partial charge < -0.3 is 4.52 Å². The van der Waals surface area contributed by atoms with E-state index in [4.69, 9.17) is 4.52 Å². The Bertz CT molecular complexity index is 172. The molecule has 10 heavy (non-hydrogen) atoms. The lowest BCUT2D eigenvalue weighted by atomic mass is 10.5. The Balaban J connectivity index is 4.15. The fraction of sp³-hybridized carbons (Fsp3) is 0.714. The van der Waals surface area contributed by atoms with E-state index in [1.54, 1.807) is 13.6 Å². The van der Waals surface area contributed by atoms with Crippen LogP contribution in [0.1, 0.15) is 20.8 Å². The van der Waals surface area contributed by atoms with Gasteiger partial charge in [0.1, 0.15) is 0 Å². The third-order valence-corrected chi connectivity index (χ3v) is 3.32. The molecular formula is C7H15O2P.